The van der Waals surface area contributed by atoms with Gasteiger partial charge in [0.25, 0.3) is 0 Å². The maximum Gasteiger partial charge on any atom is 0.0578 e. The fourth-order valence-electron chi connectivity index (χ4n) is 3.00. The Kier molecular flexibility index (Phi) is 3.92. The van der Waals surface area contributed by atoms with Crippen LogP contribution in [0.3, 0.4) is 0 Å². The van der Waals surface area contributed by atoms with Crippen LogP contribution in [-0.4, -0.2) is 11.0 Å². The van der Waals surface area contributed by atoms with Gasteiger partial charge in [0, 0.05) is 5.25 Å². The van der Waals surface area contributed by atoms with E-state index in [1.807, 2.05) is 0 Å². The molecule has 3 rings (SSSR count). The van der Waals surface area contributed by atoms with Crippen LogP contribution in [0.2, 0.25) is 0 Å². The van der Waals surface area contributed by atoms with E-state index in [4.69, 9.17) is 5.84 Å². The van der Waals surface area contributed by atoms with Crippen molar-refractivity contribution >= 4 is 11.8 Å². The van der Waals surface area contributed by atoms with Crippen LogP contribution in [0.1, 0.15) is 55.2 Å². The third-order valence-corrected chi connectivity index (χ3v) is 5.85. The molecule has 0 spiro atoms. The Morgan fingerprint density at radius 2 is 1.89 bits per heavy atom. The minimum atomic E-state index is 0.313. The molecule has 1 aromatic carbocycles. The molecule has 1 heterocycles. The van der Waals surface area contributed by atoms with Crippen molar-refractivity contribution in [3.05, 3.63) is 35.4 Å². The van der Waals surface area contributed by atoms with Crippen LogP contribution >= 0.6 is 11.8 Å². The summed E-state index contributed by atoms with van der Waals surface area (Å²) in [5.41, 5.74) is 5.88. The summed E-state index contributed by atoms with van der Waals surface area (Å²) >= 11 is 2.05. The molecule has 98 valence electrons. The smallest absolute Gasteiger partial charge is 0.0578 e. The number of benzene rings is 1. The summed E-state index contributed by atoms with van der Waals surface area (Å²) in [5, 5.41) is 0.643. The molecule has 1 saturated carbocycles. The standard InChI is InChI=1S/C15H22N2S/c16-17-15(14-5-2-10-18-14)13-8-6-12(7-9-13)11-3-1-4-11/h6-9,11,14-15,17H,1-5,10,16H2. The van der Waals surface area contributed by atoms with E-state index < -0.39 is 0 Å². The van der Waals surface area contributed by atoms with Gasteiger partial charge in [-0.15, -0.1) is 0 Å². The van der Waals surface area contributed by atoms with Crippen molar-refractivity contribution in [2.24, 2.45) is 5.84 Å². The maximum atomic E-state index is 5.76. The van der Waals surface area contributed by atoms with Crippen LogP contribution in [-0.2, 0) is 0 Å². The summed E-state index contributed by atoms with van der Waals surface area (Å²) in [4.78, 5) is 0. The molecule has 1 saturated heterocycles. The van der Waals surface area contributed by atoms with E-state index in [1.54, 1.807) is 0 Å². The van der Waals surface area contributed by atoms with Crippen molar-refractivity contribution in [3.63, 3.8) is 0 Å². The van der Waals surface area contributed by atoms with E-state index in [0.717, 1.165) is 5.92 Å². The highest BCUT2D eigenvalue weighted by Gasteiger charge is 2.26. The molecular weight excluding hydrogens is 240 g/mol. The van der Waals surface area contributed by atoms with Crippen molar-refractivity contribution in [3.8, 4) is 0 Å². The van der Waals surface area contributed by atoms with Crippen LogP contribution in [0.5, 0.6) is 0 Å². The molecule has 2 aliphatic rings. The largest absolute Gasteiger partial charge is 0.271 e. The Bertz CT molecular complexity index is 380. The first-order valence-electron chi connectivity index (χ1n) is 7.06. The molecule has 2 unspecified atom stereocenters. The molecule has 2 atom stereocenters. The number of nitrogens with one attached hydrogen (secondary N) is 1. The number of nitrogens with two attached hydrogens (primary N) is 1. The van der Waals surface area contributed by atoms with Gasteiger partial charge in [-0.05, 0) is 48.5 Å². The highest BCUT2D eigenvalue weighted by atomic mass is 32.2. The van der Waals surface area contributed by atoms with Crippen molar-refractivity contribution in [1.29, 1.82) is 0 Å². The molecule has 3 N–H and O–H groups in total. The Morgan fingerprint density at radius 1 is 1.11 bits per heavy atom. The highest BCUT2D eigenvalue weighted by molar-refractivity contribution is 8.00. The zero-order valence-corrected chi connectivity index (χ0v) is 11.6. The van der Waals surface area contributed by atoms with Crippen LogP contribution in [0.15, 0.2) is 24.3 Å². The quantitative estimate of drug-likeness (QED) is 0.645. The lowest BCUT2D eigenvalue weighted by molar-refractivity contribution is 0.419. The van der Waals surface area contributed by atoms with Gasteiger partial charge in [-0.2, -0.15) is 11.8 Å². The fourth-order valence-corrected chi connectivity index (χ4v) is 4.40. The van der Waals surface area contributed by atoms with Crippen molar-refractivity contribution in [2.45, 2.75) is 49.3 Å². The molecule has 1 aromatic rings. The first kappa shape index (κ1) is 12.5. The molecule has 2 nitrogen and oxygen atoms in total. The van der Waals surface area contributed by atoms with Gasteiger partial charge < -0.3 is 0 Å². The van der Waals surface area contributed by atoms with Crippen molar-refractivity contribution in [2.75, 3.05) is 5.75 Å². The zero-order valence-electron chi connectivity index (χ0n) is 10.8. The Balaban J connectivity index is 1.73. The number of rotatable bonds is 4. The molecule has 3 heteroatoms. The SMILES string of the molecule is NNC(c1ccc(C2CCC2)cc1)C1CCCS1. The lowest BCUT2D eigenvalue weighted by atomic mass is 9.80. The molecule has 0 aromatic heterocycles. The highest BCUT2D eigenvalue weighted by Crippen LogP contribution is 2.38. The monoisotopic (exact) mass is 262 g/mol. The number of hydrogen-bond acceptors (Lipinski definition) is 3. The first-order chi connectivity index (χ1) is 8.88. The first-order valence-corrected chi connectivity index (χ1v) is 8.11. The van der Waals surface area contributed by atoms with E-state index in [1.165, 1.54) is 49.0 Å². The Morgan fingerprint density at radius 3 is 2.39 bits per heavy atom. The minimum absolute atomic E-state index is 0.313. The van der Waals surface area contributed by atoms with Gasteiger partial charge in [0.05, 0.1) is 6.04 Å². The van der Waals surface area contributed by atoms with Crippen molar-refractivity contribution in [1.82, 2.24) is 5.43 Å². The predicted octanol–water partition coefficient (Wildman–Crippen LogP) is 3.35. The third-order valence-electron chi connectivity index (χ3n) is 4.39. The molecule has 0 radical (unpaired) electrons. The average molecular weight is 262 g/mol. The van der Waals surface area contributed by atoms with Crippen LogP contribution in [0, 0.1) is 0 Å². The summed E-state index contributed by atoms with van der Waals surface area (Å²) in [5.74, 6) is 7.86. The second-order valence-corrected chi connectivity index (χ2v) is 6.84. The summed E-state index contributed by atoms with van der Waals surface area (Å²) in [6, 6.07) is 9.48. The maximum absolute atomic E-state index is 5.76. The van der Waals surface area contributed by atoms with E-state index in [2.05, 4.69) is 41.5 Å². The second kappa shape index (κ2) is 5.64. The number of hydrogen-bond donors (Lipinski definition) is 2. The molecular formula is C15H22N2S. The summed E-state index contributed by atoms with van der Waals surface area (Å²) < 4.78 is 0. The Labute approximate surface area is 114 Å². The molecule has 2 fully saturated rings. The normalized spacial score (nSPS) is 25.9. The summed E-state index contributed by atoms with van der Waals surface area (Å²) in [6.07, 6.45) is 6.75. The van der Waals surface area contributed by atoms with Gasteiger partial charge in [-0.3, -0.25) is 11.3 Å². The third kappa shape index (κ3) is 2.44. The zero-order chi connectivity index (χ0) is 12.4. The second-order valence-electron chi connectivity index (χ2n) is 5.49. The van der Waals surface area contributed by atoms with Gasteiger partial charge in [-0.1, -0.05) is 30.7 Å². The van der Waals surface area contributed by atoms with E-state index >= 15 is 0 Å². The topological polar surface area (TPSA) is 38.0 Å². The van der Waals surface area contributed by atoms with Crippen molar-refractivity contribution < 1.29 is 0 Å². The lowest BCUT2D eigenvalue weighted by Crippen LogP contribution is -2.34. The van der Waals surface area contributed by atoms with Gasteiger partial charge in [0.2, 0.25) is 0 Å². The lowest BCUT2D eigenvalue weighted by Gasteiger charge is -2.27. The van der Waals surface area contributed by atoms with Gasteiger partial charge in [0.1, 0.15) is 0 Å². The molecule has 0 bridgehead atoms. The van der Waals surface area contributed by atoms with Gasteiger partial charge in [-0.25, -0.2) is 0 Å². The molecule has 1 aliphatic heterocycles. The predicted molar refractivity (Wildman–Crippen MR) is 78.6 cm³/mol. The van der Waals surface area contributed by atoms with Crippen LogP contribution in [0.25, 0.3) is 0 Å². The fraction of sp³-hybridized carbons (Fsp3) is 0.600. The van der Waals surface area contributed by atoms with Gasteiger partial charge in [0.15, 0.2) is 0 Å². The van der Waals surface area contributed by atoms with Crippen LogP contribution < -0.4 is 11.3 Å². The summed E-state index contributed by atoms with van der Waals surface area (Å²) in [7, 11) is 0. The van der Waals surface area contributed by atoms with Crippen LogP contribution in [0.4, 0.5) is 0 Å². The van der Waals surface area contributed by atoms with E-state index in [0.29, 0.717) is 11.3 Å². The molecule has 18 heavy (non-hydrogen) atoms. The van der Waals surface area contributed by atoms with Gasteiger partial charge >= 0.3 is 0 Å². The minimum Gasteiger partial charge on any atom is -0.271 e. The number of hydrazine groups is 1. The molecule has 0 amide bonds. The summed E-state index contributed by atoms with van der Waals surface area (Å²) in [6.45, 7) is 0. The molecule has 1 aliphatic carbocycles. The Hall–Kier alpha value is -0.510. The number of thioether (sulfide) groups is 1. The van der Waals surface area contributed by atoms with E-state index in [9.17, 15) is 0 Å². The van der Waals surface area contributed by atoms with E-state index in [-0.39, 0.29) is 0 Å². The average Bonchev–Trinajstić information content (AvgIpc) is 2.84.